The van der Waals surface area contributed by atoms with Crippen LogP contribution in [-0.2, 0) is 0 Å². The molecule has 1 fully saturated rings. The summed E-state index contributed by atoms with van der Waals surface area (Å²) in [5.74, 6) is -0.805. The maximum atomic E-state index is 13.8. The molecule has 3 heterocycles. The molecule has 0 saturated carbocycles. The summed E-state index contributed by atoms with van der Waals surface area (Å²) in [4.78, 5) is 6.49. The second-order valence-electron chi connectivity index (χ2n) is 7.37. The third-order valence-corrected chi connectivity index (χ3v) is 6.07. The predicted octanol–water partition coefficient (Wildman–Crippen LogP) is 5.98. The zero-order valence-electron chi connectivity index (χ0n) is 16.6. The molecule has 1 N–H and O–H groups in total. The molecule has 0 amide bonds. The Labute approximate surface area is 194 Å². The Hall–Kier alpha value is -3.29. The van der Waals surface area contributed by atoms with Crippen LogP contribution in [-0.4, -0.2) is 14.7 Å². The van der Waals surface area contributed by atoms with Crippen LogP contribution in [0.2, 0.25) is 5.02 Å². The smallest absolute Gasteiger partial charge is 0.174 e. The van der Waals surface area contributed by atoms with Crippen LogP contribution in [0.1, 0.15) is 23.5 Å². The number of rotatable bonds is 4. The summed E-state index contributed by atoms with van der Waals surface area (Å²) in [6, 6.07) is 19.8. The maximum Gasteiger partial charge on any atom is 0.174 e. The van der Waals surface area contributed by atoms with Crippen LogP contribution < -0.4 is 10.2 Å². The largest absolute Gasteiger partial charge is 0.351 e. The van der Waals surface area contributed by atoms with Crippen molar-refractivity contribution >= 4 is 34.6 Å². The fourth-order valence-electron chi connectivity index (χ4n) is 4.04. The van der Waals surface area contributed by atoms with Gasteiger partial charge < -0.3 is 14.8 Å². The van der Waals surface area contributed by atoms with E-state index >= 15 is 0 Å². The van der Waals surface area contributed by atoms with E-state index in [1.54, 1.807) is 30.5 Å². The molecule has 4 aromatic rings. The number of halogens is 3. The molecule has 0 spiro atoms. The van der Waals surface area contributed by atoms with Gasteiger partial charge in [0, 0.05) is 29.5 Å². The molecular weight excluding hydrogens is 450 g/mol. The van der Waals surface area contributed by atoms with Gasteiger partial charge in [-0.25, -0.2) is 8.78 Å². The lowest BCUT2D eigenvalue weighted by Crippen LogP contribution is -2.30. The third-order valence-electron chi connectivity index (χ3n) is 5.47. The molecule has 5 rings (SSSR count). The molecule has 0 unspecified atom stereocenters. The van der Waals surface area contributed by atoms with Gasteiger partial charge in [-0.1, -0.05) is 17.7 Å². The second-order valence-corrected chi connectivity index (χ2v) is 8.17. The number of anilines is 1. The highest BCUT2D eigenvalue weighted by Crippen LogP contribution is 2.42. The Bertz CT molecular complexity index is 1280. The molecule has 0 radical (unpaired) electrons. The molecule has 2 aromatic carbocycles. The summed E-state index contributed by atoms with van der Waals surface area (Å²) in [5, 5.41) is 3.92. The third kappa shape index (κ3) is 3.63. The molecule has 1 saturated heterocycles. The van der Waals surface area contributed by atoms with Gasteiger partial charge in [-0.2, -0.15) is 0 Å². The minimum absolute atomic E-state index is 0.0406. The normalized spacial score (nSPS) is 18.1. The van der Waals surface area contributed by atoms with E-state index in [4.69, 9.17) is 23.8 Å². The molecule has 0 bridgehead atoms. The predicted molar refractivity (Wildman–Crippen MR) is 125 cm³/mol. The van der Waals surface area contributed by atoms with Gasteiger partial charge in [-0.3, -0.25) is 4.98 Å². The molecule has 160 valence electrons. The van der Waals surface area contributed by atoms with Crippen LogP contribution in [0.3, 0.4) is 0 Å². The molecule has 32 heavy (non-hydrogen) atoms. The Morgan fingerprint density at radius 3 is 2.44 bits per heavy atom. The molecule has 1 aliphatic heterocycles. The number of thiocarbonyl (C=S) groups is 1. The van der Waals surface area contributed by atoms with E-state index in [1.165, 1.54) is 18.2 Å². The van der Waals surface area contributed by atoms with Crippen molar-refractivity contribution in [2.45, 2.75) is 12.1 Å². The number of benzene rings is 2. The Balaban J connectivity index is 1.67. The van der Waals surface area contributed by atoms with Gasteiger partial charge in [0.15, 0.2) is 5.11 Å². The lowest BCUT2D eigenvalue weighted by Gasteiger charge is -2.29. The van der Waals surface area contributed by atoms with E-state index in [0.717, 1.165) is 17.1 Å². The van der Waals surface area contributed by atoms with Crippen LogP contribution >= 0.6 is 23.8 Å². The zero-order valence-corrected chi connectivity index (χ0v) is 18.2. The van der Waals surface area contributed by atoms with Crippen LogP contribution in [0, 0.1) is 11.6 Å². The van der Waals surface area contributed by atoms with E-state index in [0.29, 0.717) is 10.8 Å². The highest BCUT2D eigenvalue weighted by Gasteiger charge is 2.42. The first-order chi connectivity index (χ1) is 15.5. The number of nitrogens with one attached hydrogen (secondary N) is 1. The molecular formula is C24H17ClF2N4S. The van der Waals surface area contributed by atoms with Gasteiger partial charge >= 0.3 is 0 Å². The SMILES string of the molecule is Fc1ccc(N2C(=S)N[C@H](c3ccccn3)[C@H]2c2cccn2-c2ccc(F)c(Cl)c2)cc1. The van der Waals surface area contributed by atoms with Crippen LogP contribution in [0.25, 0.3) is 5.69 Å². The summed E-state index contributed by atoms with van der Waals surface area (Å²) < 4.78 is 29.3. The van der Waals surface area contributed by atoms with Gasteiger partial charge in [0.25, 0.3) is 0 Å². The van der Waals surface area contributed by atoms with Crippen molar-refractivity contribution in [2.24, 2.45) is 0 Å². The first-order valence-corrected chi connectivity index (χ1v) is 10.7. The number of nitrogens with zero attached hydrogens (tertiary/aromatic N) is 3. The van der Waals surface area contributed by atoms with Gasteiger partial charge in [-0.05, 0) is 78.9 Å². The number of pyridine rings is 1. The number of hydrogen-bond donors (Lipinski definition) is 1. The van der Waals surface area contributed by atoms with Gasteiger partial charge in [0.1, 0.15) is 17.7 Å². The highest BCUT2D eigenvalue weighted by molar-refractivity contribution is 7.80. The lowest BCUT2D eigenvalue weighted by molar-refractivity contribution is 0.549. The summed E-state index contributed by atoms with van der Waals surface area (Å²) in [6.07, 6.45) is 3.62. The molecule has 8 heteroatoms. The Morgan fingerprint density at radius 1 is 0.938 bits per heavy atom. The highest BCUT2D eigenvalue weighted by atomic mass is 35.5. The summed E-state index contributed by atoms with van der Waals surface area (Å²) in [5.41, 5.74) is 3.17. The van der Waals surface area contributed by atoms with Crippen molar-refractivity contribution in [3.63, 3.8) is 0 Å². The Morgan fingerprint density at radius 2 is 1.72 bits per heavy atom. The minimum atomic E-state index is -0.480. The van der Waals surface area contributed by atoms with Crippen LogP contribution in [0.5, 0.6) is 0 Å². The van der Waals surface area contributed by atoms with Crippen LogP contribution in [0.4, 0.5) is 14.5 Å². The summed E-state index contributed by atoms with van der Waals surface area (Å²) in [6.45, 7) is 0. The maximum absolute atomic E-state index is 13.8. The molecule has 1 aliphatic rings. The van der Waals surface area contributed by atoms with Crippen molar-refractivity contribution in [1.29, 1.82) is 0 Å². The molecule has 2 aromatic heterocycles. The van der Waals surface area contributed by atoms with Gasteiger partial charge in [0.05, 0.1) is 16.8 Å². The first-order valence-electron chi connectivity index (χ1n) is 9.92. The van der Waals surface area contributed by atoms with E-state index in [-0.39, 0.29) is 22.9 Å². The van der Waals surface area contributed by atoms with Crippen LogP contribution in [0.15, 0.2) is 85.2 Å². The fourth-order valence-corrected chi connectivity index (χ4v) is 4.56. The molecule has 2 atom stereocenters. The summed E-state index contributed by atoms with van der Waals surface area (Å²) in [7, 11) is 0. The topological polar surface area (TPSA) is 33.1 Å². The second kappa shape index (κ2) is 8.33. The Kier molecular flexibility index (Phi) is 5.36. The van der Waals surface area contributed by atoms with Gasteiger partial charge in [-0.15, -0.1) is 0 Å². The first kappa shape index (κ1) is 20.6. The standard InChI is InChI=1S/C24H17ClF2N4S/c25-18-14-17(10-11-19(18)27)30-13-3-5-21(30)23-22(20-4-1-2-12-28-20)29-24(32)31(23)16-8-6-15(26)7-9-16/h1-14,22-23H,(H,29,32)/t22-,23-/m1/s1. The zero-order chi connectivity index (χ0) is 22.2. The average Bonchev–Trinajstić information content (AvgIpc) is 3.41. The molecule has 4 nitrogen and oxygen atoms in total. The minimum Gasteiger partial charge on any atom is -0.351 e. The van der Waals surface area contributed by atoms with Crippen molar-refractivity contribution in [3.8, 4) is 5.69 Å². The number of hydrogen-bond acceptors (Lipinski definition) is 2. The van der Waals surface area contributed by atoms with E-state index < -0.39 is 5.82 Å². The lowest BCUT2D eigenvalue weighted by atomic mass is 10.0. The van der Waals surface area contributed by atoms with Gasteiger partial charge in [0.2, 0.25) is 0 Å². The van der Waals surface area contributed by atoms with E-state index in [2.05, 4.69) is 10.3 Å². The van der Waals surface area contributed by atoms with Crippen molar-refractivity contribution in [1.82, 2.24) is 14.9 Å². The summed E-state index contributed by atoms with van der Waals surface area (Å²) >= 11 is 11.7. The van der Waals surface area contributed by atoms with Crippen molar-refractivity contribution in [3.05, 3.63) is 113 Å². The van der Waals surface area contributed by atoms with E-state index in [9.17, 15) is 8.78 Å². The monoisotopic (exact) mass is 466 g/mol. The van der Waals surface area contributed by atoms with Crippen molar-refractivity contribution < 1.29 is 8.78 Å². The quantitative estimate of drug-likeness (QED) is 0.375. The fraction of sp³-hybridized carbons (Fsp3) is 0.0833. The number of aromatic nitrogens is 2. The average molecular weight is 467 g/mol. The van der Waals surface area contributed by atoms with E-state index in [1.807, 2.05) is 46.0 Å². The molecule has 0 aliphatic carbocycles. The van der Waals surface area contributed by atoms with Crippen molar-refractivity contribution in [2.75, 3.05) is 4.90 Å².